The summed E-state index contributed by atoms with van der Waals surface area (Å²) in [5.74, 6) is 1.46. The standard InChI is InChI=1S/C14H16N2O/c1-2-17-13-6-12(8-15-9-13)11-5-10-3-4-16-14(10)7-11/h2,5-6,8-10,14,16H,1,3-4,7H2. The highest BCUT2D eigenvalue weighted by Gasteiger charge is 2.31. The molecule has 0 saturated carbocycles. The molecule has 88 valence electrons. The van der Waals surface area contributed by atoms with Gasteiger partial charge in [0.05, 0.1) is 12.5 Å². The lowest BCUT2D eigenvalue weighted by molar-refractivity contribution is 0.481. The molecule has 2 heterocycles. The highest BCUT2D eigenvalue weighted by Crippen LogP contribution is 2.36. The number of aromatic nitrogens is 1. The van der Waals surface area contributed by atoms with Crippen LogP contribution in [-0.2, 0) is 0 Å². The van der Waals surface area contributed by atoms with Crippen LogP contribution in [0.3, 0.4) is 0 Å². The molecule has 3 rings (SSSR count). The Morgan fingerprint density at radius 2 is 2.41 bits per heavy atom. The fourth-order valence-corrected chi connectivity index (χ4v) is 2.74. The summed E-state index contributed by atoms with van der Waals surface area (Å²) >= 11 is 0. The van der Waals surface area contributed by atoms with E-state index >= 15 is 0 Å². The molecular weight excluding hydrogens is 212 g/mol. The third kappa shape index (κ3) is 1.98. The van der Waals surface area contributed by atoms with Crippen LogP contribution in [0.2, 0.25) is 0 Å². The highest BCUT2D eigenvalue weighted by molar-refractivity contribution is 5.69. The number of fused-ring (bicyclic) bond motifs is 1. The Bertz CT molecular complexity index is 467. The van der Waals surface area contributed by atoms with E-state index < -0.39 is 0 Å². The first-order chi connectivity index (χ1) is 8.36. The zero-order chi connectivity index (χ0) is 11.7. The van der Waals surface area contributed by atoms with Crippen molar-refractivity contribution in [1.29, 1.82) is 0 Å². The lowest BCUT2D eigenvalue weighted by Crippen LogP contribution is -2.22. The van der Waals surface area contributed by atoms with E-state index in [-0.39, 0.29) is 0 Å². The van der Waals surface area contributed by atoms with Crippen molar-refractivity contribution in [1.82, 2.24) is 10.3 Å². The van der Waals surface area contributed by atoms with Crippen molar-refractivity contribution in [2.24, 2.45) is 5.92 Å². The maximum absolute atomic E-state index is 5.26. The average molecular weight is 228 g/mol. The van der Waals surface area contributed by atoms with Crippen LogP contribution >= 0.6 is 0 Å². The number of hydrogen-bond donors (Lipinski definition) is 1. The predicted molar refractivity (Wildman–Crippen MR) is 67.6 cm³/mol. The van der Waals surface area contributed by atoms with Gasteiger partial charge in [-0.1, -0.05) is 12.7 Å². The van der Waals surface area contributed by atoms with Crippen LogP contribution in [0, 0.1) is 5.92 Å². The van der Waals surface area contributed by atoms with Gasteiger partial charge in [0, 0.05) is 12.2 Å². The molecular formula is C14H16N2O. The summed E-state index contributed by atoms with van der Waals surface area (Å²) in [5, 5.41) is 3.54. The van der Waals surface area contributed by atoms with E-state index in [1.54, 1.807) is 6.20 Å². The second kappa shape index (κ2) is 4.34. The molecule has 3 heteroatoms. The summed E-state index contributed by atoms with van der Waals surface area (Å²) in [7, 11) is 0. The zero-order valence-corrected chi connectivity index (χ0v) is 9.73. The van der Waals surface area contributed by atoms with Gasteiger partial charge in [0.25, 0.3) is 0 Å². The molecule has 1 aliphatic carbocycles. The molecule has 0 spiro atoms. The van der Waals surface area contributed by atoms with Crippen LogP contribution in [0.15, 0.2) is 37.4 Å². The Labute approximate surface area is 101 Å². The maximum Gasteiger partial charge on any atom is 0.145 e. The third-order valence-corrected chi connectivity index (χ3v) is 3.56. The first-order valence-electron chi connectivity index (χ1n) is 6.04. The van der Waals surface area contributed by atoms with Gasteiger partial charge in [0.15, 0.2) is 0 Å². The first kappa shape index (κ1) is 10.5. The number of rotatable bonds is 3. The molecule has 0 amide bonds. The zero-order valence-electron chi connectivity index (χ0n) is 9.73. The minimum atomic E-state index is 0.633. The smallest absolute Gasteiger partial charge is 0.145 e. The van der Waals surface area contributed by atoms with E-state index in [1.165, 1.54) is 23.8 Å². The van der Waals surface area contributed by atoms with E-state index in [2.05, 4.69) is 23.0 Å². The molecule has 0 aromatic carbocycles. The van der Waals surface area contributed by atoms with Crippen LogP contribution in [0.25, 0.3) is 5.57 Å². The Kier molecular flexibility index (Phi) is 2.69. The Morgan fingerprint density at radius 3 is 3.24 bits per heavy atom. The van der Waals surface area contributed by atoms with E-state index in [0.717, 1.165) is 18.7 Å². The van der Waals surface area contributed by atoms with Crippen molar-refractivity contribution >= 4 is 5.57 Å². The van der Waals surface area contributed by atoms with Crippen molar-refractivity contribution in [3.05, 3.63) is 42.9 Å². The van der Waals surface area contributed by atoms with E-state index in [1.807, 2.05) is 12.3 Å². The molecule has 1 saturated heterocycles. The van der Waals surface area contributed by atoms with E-state index in [4.69, 9.17) is 4.74 Å². The number of hydrogen-bond acceptors (Lipinski definition) is 3. The quantitative estimate of drug-likeness (QED) is 0.806. The summed E-state index contributed by atoms with van der Waals surface area (Å²) in [5.41, 5.74) is 2.55. The summed E-state index contributed by atoms with van der Waals surface area (Å²) in [6.07, 6.45) is 9.79. The second-order valence-corrected chi connectivity index (χ2v) is 4.60. The van der Waals surface area contributed by atoms with Gasteiger partial charge in [-0.3, -0.25) is 4.98 Å². The highest BCUT2D eigenvalue weighted by atomic mass is 16.5. The second-order valence-electron chi connectivity index (χ2n) is 4.60. The van der Waals surface area contributed by atoms with E-state index in [0.29, 0.717) is 12.0 Å². The van der Waals surface area contributed by atoms with Gasteiger partial charge in [-0.15, -0.1) is 0 Å². The summed E-state index contributed by atoms with van der Waals surface area (Å²) in [6, 6.07) is 2.66. The SMILES string of the molecule is C=COc1cncc(C2=CC3CCNC3C2)c1. The molecule has 0 radical (unpaired) electrons. The molecule has 3 nitrogen and oxygen atoms in total. The summed E-state index contributed by atoms with van der Waals surface area (Å²) in [6.45, 7) is 4.70. The molecule has 1 aromatic rings. The summed E-state index contributed by atoms with van der Waals surface area (Å²) < 4.78 is 5.26. The van der Waals surface area contributed by atoms with Crippen molar-refractivity contribution in [2.75, 3.05) is 6.54 Å². The summed E-state index contributed by atoms with van der Waals surface area (Å²) in [4.78, 5) is 4.21. The molecule has 1 aliphatic heterocycles. The number of ether oxygens (including phenoxy) is 1. The Morgan fingerprint density at radius 1 is 1.47 bits per heavy atom. The monoisotopic (exact) mass is 228 g/mol. The predicted octanol–water partition coefficient (Wildman–Crippen LogP) is 2.37. The van der Waals surface area contributed by atoms with Crippen molar-refractivity contribution in [3.63, 3.8) is 0 Å². The van der Waals surface area contributed by atoms with Gasteiger partial charge in [-0.05, 0) is 42.5 Å². The molecule has 2 atom stereocenters. The molecule has 0 bridgehead atoms. The molecule has 1 fully saturated rings. The van der Waals surface area contributed by atoms with Crippen molar-refractivity contribution in [2.45, 2.75) is 18.9 Å². The molecule has 1 aromatic heterocycles. The number of nitrogens with zero attached hydrogens (tertiary/aromatic N) is 1. The molecule has 17 heavy (non-hydrogen) atoms. The van der Waals surface area contributed by atoms with Gasteiger partial charge in [0.2, 0.25) is 0 Å². The fraction of sp³-hybridized carbons (Fsp3) is 0.357. The topological polar surface area (TPSA) is 34.1 Å². The molecule has 2 unspecified atom stereocenters. The Balaban J connectivity index is 1.84. The number of pyridine rings is 1. The largest absolute Gasteiger partial charge is 0.464 e. The maximum atomic E-state index is 5.26. The fourth-order valence-electron chi connectivity index (χ4n) is 2.74. The van der Waals surface area contributed by atoms with Gasteiger partial charge >= 0.3 is 0 Å². The molecule has 1 N–H and O–H groups in total. The van der Waals surface area contributed by atoms with Crippen LogP contribution in [0.1, 0.15) is 18.4 Å². The van der Waals surface area contributed by atoms with Gasteiger partial charge < -0.3 is 10.1 Å². The average Bonchev–Trinajstić information content (AvgIpc) is 2.89. The van der Waals surface area contributed by atoms with Crippen LogP contribution in [0.4, 0.5) is 0 Å². The van der Waals surface area contributed by atoms with Crippen LogP contribution in [-0.4, -0.2) is 17.6 Å². The van der Waals surface area contributed by atoms with Gasteiger partial charge in [-0.2, -0.15) is 0 Å². The van der Waals surface area contributed by atoms with Crippen molar-refractivity contribution < 1.29 is 4.74 Å². The first-order valence-corrected chi connectivity index (χ1v) is 6.04. The van der Waals surface area contributed by atoms with E-state index in [9.17, 15) is 0 Å². The lowest BCUT2D eigenvalue weighted by atomic mass is 10.1. The number of nitrogens with one attached hydrogen (secondary N) is 1. The van der Waals surface area contributed by atoms with Crippen LogP contribution < -0.4 is 10.1 Å². The Hall–Kier alpha value is -1.61. The van der Waals surface area contributed by atoms with Crippen molar-refractivity contribution in [3.8, 4) is 5.75 Å². The lowest BCUT2D eigenvalue weighted by Gasteiger charge is -2.08. The molecule has 2 aliphatic rings. The minimum absolute atomic E-state index is 0.633. The minimum Gasteiger partial charge on any atom is -0.464 e. The normalized spacial score (nSPS) is 26.5. The third-order valence-electron chi connectivity index (χ3n) is 3.56. The van der Waals surface area contributed by atoms with Gasteiger partial charge in [-0.25, -0.2) is 0 Å². The van der Waals surface area contributed by atoms with Crippen LogP contribution in [0.5, 0.6) is 5.75 Å². The van der Waals surface area contributed by atoms with Gasteiger partial charge in [0.1, 0.15) is 5.75 Å².